The molecule has 4 heterocycles. The standard InChI is InChI=1S/C21H22N4O2S/c1-14-9-10-22-20(12-14)24-19-6-2-5-16(23-19)17-7-8-18(28-17)21(27)25-11-3-4-15(25)13-26/h2,5-10,12,15,26H,3-4,11,13H2,1H3,(H,22,23,24)/t15-/m0/s1. The molecule has 144 valence electrons. The van der Waals surface area contributed by atoms with Gasteiger partial charge in [0.1, 0.15) is 11.6 Å². The third-order valence-corrected chi connectivity index (χ3v) is 5.93. The smallest absolute Gasteiger partial charge is 0.264 e. The van der Waals surface area contributed by atoms with Crippen LogP contribution < -0.4 is 5.32 Å². The van der Waals surface area contributed by atoms with E-state index < -0.39 is 0 Å². The van der Waals surface area contributed by atoms with Crippen LogP contribution in [0.4, 0.5) is 11.6 Å². The van der Waals surface area contributed by atoms with Crippen molar-refractivity contribution in [2.45, 2.75) is 25.8 Å². The van der Waals surface area contributed by atoms with Gasteiger partial charge in [-0.1, -0.05) is 6.07 Å². The van der Waals surface area contributed by atoms with Gasteiger partial charge in [0.15, 0.2) is 0 Å². The van der Waals surface area contributed by atoms with Crippen molar-refractivity contribution >= 4 is 28.9 Å². The van der Waals surface area contributed by atoms with E-state index in [1.165, 1.54) is 11.3 Å². The average Bonchev–Trinajstić information content (AvgIpc) is 3.37. The van der Waals surface area contributed by atoms with Crippen molar-refractivity contribution in [3.05, 3.63) is 59.1 Å². The fraction of sp³-hybridized carbons (Fsp3) is 0.286. The molecule has 1 aliphatic rings. The molecule has 1 saturated heterocycles. The highest BCUT2D eigenvalue weighted by Gasteiger charge is 2.29. The molecule has 0 saturated carbocycles. The van der Waals surface area contributed by atoms with Gasteiger partial charge in [-0.25, -0.2) is 9.97 Å². The van der Waals surface area contributed by atoms with E-state index in [2.05, 4.69) is 15.3 Å². The molecule has 3 aromatic heterocycles. The first-order chi connectivity index (χ1) is 13.6. The molecule has 0 aromatic carbocycles. The summed E-state index contributed by atoms with van der Waals surface area (Å²) in [7, 11) is 0. The van der Waals surface area contributed by atoms with E-state index in [1.54, 1.807) is 11.1 Å². The van der Waals surface area contributed by atoms with Crippen LogP contribution in [0.2, 0.25) is 0 Å². The SMILES string of the molecule is Cc1ccnc(Nc2cccc(-c3ccc(C(=O)N4CCC[C@H]4CO)s3)n2)c1. The predicted molar refractivity (Wildman–Crippen MR) is 111 cm³/mol. The van der Waals surface area contributed by atoms with Crippen LogP contribution in [0, 0.1) is 6.92 Å². The summed E-state index contributed by atoms with van der Waals surface area (Å²) in [6.45, 7) is 2.74. The average molecular weight is 395 g/mol. The highest BCUT2D eigenvalue weighted by molar-refractivity contribution is 7.17. The topological polar surface area (TPSA) is 78.4 Å². The molecular formula is C21H22N4O2S. The summed E-state index contributed by atoms with van der Waals surface area (Å²) in [5.74, 6) is 1.44. The number of amides is 1. The molecule has 0 radical (unpaired) electrons. The van der Waals surface area contributed by atoms with Crippen molar-refractivity contribution in [1.82, 2.24) is 14.9 Å². The number of hydrogen-bond acceptors (Lipinski definition) is 6. The Balaban J connectivity index is 1.53. The Hall–Kier alpha value is -2.77. The number of carbonyl (C=O) groups is 1. The number of hydrogen-bond donors (Lipinski definition) is 2. The number of nitrogens with one attached hydrogen (secondary N) is 1. The van der Waals surface area contributed by atoms with E-state index in [0.29, 0.717) is 17.2 Å². The highest BCUT2D eigenvalue weighted by atomic mass is 32.1. The lowest BCUT2D eigenvalue weighted by Gasteiger charge is -2.22. The van der Waals surface area contributed by atoms with E-state index >= 15 is 0 Å². The molecule has 0 bridgehead atoms. The Morgan fingerprint density at radius 2 is 2.18 bits per heavy atom. The summed E-state index contributed by atoms with van der Waals surface area (Å²) in [4.78, 5) is 25.1. The number of aliphatic hydroxyl groups excluding tert-OH is 1. The zero-order valence-corrected chi connectivity index (χ0v) is 16.4. The Morgan fingerprint density at radius 1 is 1.29 bits per heavy atom. The molecule has 1 atom stereocenters. The zero-order valence-electron chi connectivity index (χ0n) is 15.6. The fourth-order valence-electron chi connectivity index (χ4n) is 3.40. The molecule has 0 spiro atoms. The first-order valence-electron chi connectivity index (χ1n) is 9.33. The van der Waals surface area contributed by atoms with E-state index in [4.69, 9.17) is 0 Å². The van der Waals surface area contributed by atoms with Gasteiger partial charge in [-0.3, -0.25) is 4.79 Å². The lowest BCUT2D eigenvalue weighted by Crippen LogP contribution is -2.37. The van der Waals surface area contributed by atoms with Crippen LogP contribution in [0.5, 0.6) is 0 Å². The number of aryl methyl sites for hydroxylation is 1. The minimum atomic E-state index is -0.0643. The largest absolute Gasteiger partial charge is 0.394 e. The molecular weight excluding hydrogens is 372 g/mol. The summed E-state index contributed by atoms with van der Waals surface area (Å²) >= 11 is 1.43. The number of rotatable bonds is 5. The highest BCUT2D eigenvalue weighted by Crippen LogP contribution is 2.30. The minimum absolute atomic E-state index is 0.00830. The first-order valence-corrected chi connectivity index (χ1v) is 10.1. The number of anilines is 2. The second kappa shape index (κ2) is 8.08. The van der Waals surface area contributed by atoms with Gasteiger partial charge in [-0.05, 0) is 61.7 Å². The van der Waals surface area contributed by atoms with E-state index in [-0.39, 0.29) is 18.6 Å². The van der Waals surface area contributed by atoms with Gasteiger partial charge in [0, 0.05) is 12.7 Å². The minimum Gasteiger partial charge on any atom is -0.394 e. The quantitative estimate of drug-likeness (QED) is 0.687. The molecule has 1 aliphatic heterocycles. The van der Waals surface area contributed by atoms with E-state index in [0.717, 1.165) is 34.8 Å². The second-order valence-corrected chi connectivity index (χ2v) is 7.98. The summed E-state index contributed by atoms with van der Waals surface area (Å²) in [5, 5.41) is 12.7. The first kappa shape index (κ1) is 18.6. The third kappa shape index (κ3) is 3.90. The number of pyridine rings is 2. The Kier molecular flexibility index (Phi) is 5.36. The summed E-state index contributed by atoms with van der Waals surface area (Å²) in [6, 6.07) is 13.4. The van der Waals surface area contributed by atoms with Gasteiger partial charge in [-0.2, -0.15) is 0 Å². The molecule has 6 nitrogen and oxygen atoms in total. The van der Waals surface area contributed by atoms with Gasteiger partial charge in [0.2, 0.25) is 0 Å². The molecule has 1 amide bonds. The Bertz CT molecular complexity index is 988. The molecule has 4 rings (SSSR count). The lowest BCUT2D eigenvalue weighted by atomic mass is 10.2. The van der Waals surface area contributed by atoms with Crippen molar-refractivity contribution in [2.75, 3.05) is 18.5 Å². The van der Waals surface area contributed by atoms with Gasteiger partial charge < -0.3 is 15.3 Å². The molecule has 1 fully saturated rings. The predicted octanol–water partition coefficient (Wildman–Crippen LogP) is 3.85. The second-order valence-electron chi connectivity index (χ2n) is 6.89. The van der Waals surface area contributed by atoms with Gasteiger partial charge >= 0.3 is 0 Å². The van der Waals surface area contributed by atoms with Crippen LogP contribution in [0.25, 0.3) is 10.6 Å². The fourth-order valence-corrected chi connectivity index (χ4v) is 4.33. The van der Waals surface area contributed by atoms with E-state index in [9.17, 15) is 9.90 Å². The number of likely N-dealkylation sites (tertiary alicyclic amines) is 1. The molecule has 7 heteroatoms. The summed E-state index contributed by atoms with van der Waals surface area (Å²) in [6.07, 6.45) is 3.57. The van der Waals surface area contributed by atoms with E-state index in [1.807, 2.05) is 49.4 Å². The van der Waals surface area contributed by atoms with Gasteiger partial charge in [0.05, 0.1) is 28.1 Å². The van der Waals surface area contributed by atoms with Crippen molar-refractivity contribution in [2.24, 2.45) is 0 Å². The maximum Gasteiger partial charge on any atom is 0.264 e. The molecule has 3 aromatic rings. The van der Waals surface area contributed by atoms with Crippen LogP contribution >= 0.6 is 11.3 Å². The third-order valence-electron chi connectivity index (χ3n) is 4.84. The van der Waals surface area contributed by atoms with Gasteiger partial charge in [-0.15, -0.1) is 11.3 Å². The van der Waals surface area contributed by atoms with Crippen molar-refractivity contribution in [3.63, 3.8) is 0 Å². The summed E-state index contributed by atoms with van der Waals surface area (Å²) in [5.41, 5.74) is 1.93. The maximum absolute atomic E-state index is 12.8. The molecule has 28 heavy (non-hydrogen) atoms. The number of aromatic nitrogens is 2. The summed E-state index contributed by atoms with van der Waals surface area (Å²) < 4.78 is 0. The van der Waals surface area contributed by atoms with Crippen LogP contribution in [-0.2, 0) is 0 Å². The van der Waals surface area contributed by atoms with Crippen LogP contribution in [0.3, 0.4) is 0 Å². The van der Waals surface area contributed by atoms with Crippen LogP contribution in [-0.4, -0.2) is 45.1 Å². The number of nitrogens with zero attached hydrogens (tertiary/aromatic N) is 3. The molecule has 2 N–H and O–H groups in total. The number of thiophene rings is 1. The van der Waals surface area contributed by atoms with Crippen molar-refractivity contribution in [3.8, 4) is 10.6 Å². The Morgan fingerprint density at radius 3 is 3.00 bits per heavy atom. The molecule has 0 unspecified atom stereocenters. The maximum atomic E-state index is 12.8. The number of carbonyl (C=O) groups excluding carboxylic acids is 1. The van der Waals surface area contributed by atoms with Gasteiger partial charge in [0.25, 0.3) is 5.91 Å². The van der Waals surface area contributed by atoms with Crippen LogP contribution in [0.15, 0.2) is 48.7 Å². The van der Waals surface area contributed by atoms with Crippen molar-refractivity contribution in [1.29, 1.82) is 0 Å². The normalized spacial score (nSPS) is 16.4. The van der Waals surface area contributed by atoms with Crippen LogP contribution in [0.1, 0.15) is 28.1 Å². The Labute approximate surface area is 167 Å². The monoisotopic (exact) mass is 394 g/mol. The zero-order chi connectivity index (χ0) is 19.5. The number of aliphatic hydroxyl groups is 1. The lowest BCUT2D eigenvalue weighted by molar-refractivity contribution is 0.0682. The van der Waals surface area contributed by atoms with Crippen molar-refractivity contribution < 1.29 is 9.90 Å². The molecule has 0 aliphatic carbocycles.